The van der Waals surface area contributed by atoms with Crippen molar-refractivity contribution >= 4 is 5.91 Å². The van der Waals surface area contributed by atoms with Crippen LogP contribution in [0.5, 0.6) is 0 Å². The lowest BCUT2D eigenvalue weighted by Crippen LogP contribution is -2.57. The van der Waals surface area contributed by atoms with Crippen LogP contribution in [0, 0.1) is 5.92 Å². The van der Waals surface area contributed by atoms with E-state index in [9.17, 15) is 4.79 Å². The standard InChI is InChI=1S/C13H24N2O/c1-3-6-14-12-5-4-7-15(13(12)16)11-8-10(2)9-11/h10-12,14H,3-9H2,1-2H3. The van der Waals surface area contributed by atoms with Crippen molar-refractivity contribution in [1.82, 2.24) is 10.2 Å². The smallest absolute Gasteiger partial charge is 0.239 e. The zero-order valence-corrected chi connectivity index (χ0v) is 10.5. The molecule has 1 saturated heterocycles. The number of hydrogen-bond acceptors (Lipinski definition) is 2. The maximum Gasteiger partial charge on any atom is 0.239 e. The molecular weight excluding hydrogens is 200 g/mol. The average molecular weight is 224 g/mol. The topological polar surface area (TPSA) is 32.3 Å². The van der Waals surface area contributed by atoms with Gasteiger partial charge < -0.3 is 10.2 Å². The molecule has 2 rings (SSSR count). The number of carbonyl (C=O) groups is 1. The van der Waals surface area contributed by atoms with Crippen molar-refractivity contribution in [1.29, 1.82) is 0 Å². The predicted molar refractivity (Wildman–Crippen MR) is 65.2 cm³/mol. The molecule has 2 aliphatic rings. The van der Waals surface area contributed by atoms with E-state index in [4.69, 9.17) is 0 Å². The Morgan fingerprint density at radius 1 is 1.44 bits per heavy atom. The van der Waals surface area contributed by atoms with Crippen LogP contribution in [-0.4, -0.2) is 36.0 Å². The summed E-state index contributed by atoms with van der Waals surface area (Å²) in [4.78, 5) is 14.4. The highest BCUT2D eigenvalue weighted by molar-refractivity contribution is 5.83. The molecule has 1 aliphatic heterocycles. The van der Waals surface area contributed by atoms with Crippen LogP contribution >= 0.6 is 0 Å². The monoisotopic (exact) mass is 224 g/mol. The van der Waals surface area contributed by atoms with Gasteiger partial charge in [0.2, 0.25) is 5.91 Å². The van der Waals surface area contributed by atoms with Crippen LogP contribution in [0.4, 0.5) is 0 Å². The highest BCUT2D eigenvalue weighted by Crippen LogP contribution is 2.33. The summed E-state index contributed by atoms with van der Waals surface area (Å²) in [6, 6.07) is 0.651. The van der Waals surface area contributed by atoms with E-state index >= 15 is 0 Å². The summed E-state index contributed by atoms with van der Waals surface area (Å²) in [5, 5.41) is 3.37. The molecule has 1 N–H and O–H groups in total. The van der Waals surface area contributed by atoms with Gasteiger partial charge in [-0.1, -0.05) is 13.8 Å². The van der Waals surface area contributed by atoms with Gasteiger partial charge >= 0.3 is 0 Å². The third-order valence-corrected chi connectivity index (χ3v) is 3.90. The van der Waals surface area contributed by atoms with Crippen molar-refractivity contribution in [2.24, 2.45) is 5.92 Å². The van der Waals surface area contributed by atoms with E-state index < -0.39 is 0 Å². The van der Waals surface area contributed by atoms with E-state index in [2.05, 4.69) is 24.1 Å². The molecule has 1 unspecified atom stereocenters. The molecule has 1 heterocycles. The fourth-order valence-corrected chi connectivity index (χ4v) is 2.88. The third-order valence-electron chi connectivity index (χ3n) is 3.90. The van der Waals surface area contributed by atoms with Crippen molar-refractivity contribution in [3.05, 3.63) is 0 Å². The Kier molecular flexibility index (Phi) is 3.85. The van der Waals surface area contributed by atoms with E-state index in [1.807, 2.05) is 0 Å². The first-order valence-electron chi connectivity index (χ1n) is 6.76. The third kappa shape index (κ3) is 2.40. The molecule has 2 fully saturated rings. The fraction of sp³-hybridized carbons (Fsp3) is 0.923. The molecule has 92 valence electrons. The molecule has 0 aromatic heterocycles. The lowest BCUT2D eigenvalue weighted by molar-refractivity contribution is -0.141. The molecule has 1 aliphatic carbocycles. The van der Waals surface area contributed by atoms with Crippen LogP contribution in [0.3, 0.4) is 0 Å². The van der Waals surface area contributed by atoms with E-state index in [1.165, 1.54) is 12.8 Å². The second-order valence-corrected chi connectivity index (χ2v) is 5.41. The molecule has 1 atom stereocenters. The molecule has 0 aromatic rings. The normalized spacial score (nSPS) is 35.0. The van der Waals surface area contributed by atoms with Gasteiger partial charge in [-0.15, -0.1) is 0 Å². The maximum atomic E-state index is 12.2. The summed E-state index contributed by atoms with van der Waals surface area (Å²) in [5.41, 5.74) is 0. The van der Waals surface area contributed by atoms with Crippen molar-refractivity contribution in [3.63, 3.8) is 0 Å². The maximum absolute atomic E-state index is 12.2. The van der Waals surface area contributed by atoms with Crippen LogP contribution in [0.25, 0.3) is 0 Å². The SMILES string of the molecule is CCCNC1CCCN(C2CC(C)C2)C1=O. The second kappa shape index (κ2) is 5.17. The summed E-state index contributed by atoms with van der Waals surface area (Å²) in [6.45, 7) is 6.37. The first-order chi connectivity index (χ1) is 7.72. The summed E-state index contributed by atoms with van der Waals surface area (Å²) < 4.78 is 0. The highest BCUT2D eigenvalue weighted by atomic mass is 16.2. The van der Waals surface area contributed by atoms with Gasteiger partial charge in [-0.2, -0.15) is 0 Å². The van der Waals surface area contributed by atoms with Crippen LogP contribution < -0.4 is 5.32 Å². The first kappa shape index (κ1) is 11.9. The van der Waals surface area contributed by atoms with Gasteiger partial charge in [-0.25, -0.2) is 0 Å². The summed E-state index contributed by atoms with van der Waals surface area (Å²) in [6.07, 6.45) is 5.72. The Balaban J connectivity index is 1.86. The number of nitrogens with one attached hydrogen (secondary N) is 1. The summed E-state index contributed by atoms with van der Waals surface area (Å²) in [5.74, 6) is 1.18. The number of amides is 1. The Bertz CT molecular complexity index is 248. The minimum absolute atomic E-state index is 0.101. The van der Waals surface area contributed by atoms with Crippen molar-refractivity contribution in [2.75, 3.05) is 13.1 Å². The van der Waals surface area contributed by atoms with Gasteiger partial charge in [0.15, 0.2) is 0 Å². The molecule has 0 aromatic carbocycles. The van der Waals surface area contributed by atoms with Gasteiger partial charge in [0.05, 0.1) is 6.04 Å². The first-order valence-corrected chi connectivity index (χ1v) is 6.76. The fourth-order valence-electron chi connectivity index (χ4n) is 2.88. The highest BCUT2D eigenvalue weighted by Gasteiger charge is 2.37. The van der Waals surface area contributed by atoms with Gasteiger partial charge in [0, 0.05) is 12.6 Å². The molecular formula is C13H24N2O. The second-order valence-electron chi connectivity index (χ2n) is 5.41. The zero-order chi connectivity index (χ0) is 11.5. The number of likely N-dealkylation sites (tertiary alicyclic amines) is 1. The molecule has 3 nitrogen and oxygen atoms in total. The molecule has 1 saturated carbocycles. The largest absolute Gasteiger partial charge is 0.338 e. The van der Waals surface area contributed by atoms with Gasteiger partial charge in [0.25, 0.3) is 0 Å². The Morgan fingerprint density at radius 2 is 2.19 bits per heavy atom. The number of carbonyl (C=O) groups excluding carboxylic acids is 1. The Hall–Kier alpha value is -0.570. The summed E-state index contributed by atoms with van der Waals surface area (Å²) >= 11 is 0. The van der Waals surface area contributed by atoms with E-state index in [0.29, 0.717) is 11.9 Å². The quantitative estimate of drug-likeness (QED) is 0.789. The van der Waals surface area contributed by atoms with Crippen LogP contribution in [-0.2, 0) is 4.79 Å². The molecule has 16 heavy (non-hydrogen) atoms. The van der Waals surface area contributed by atoms with E-state index in [-0.39, 0.29) is 6.04 Å². The van der Waals surface area contributed by atoms with Gasteiger partial charge in [0.1, 0.15) is 0 Å². The minimum Gasteiger partial charge on any atom is -0.338 e. The minimum atomic E-state index is 0.101. The van der Waals surface area contributed by atoms with Crippen LogP contribution in [0.1, 0.15) is 46.0 Å². The molecule has 0 spiro atoms. The summed E-state index contributed by atoms with van der Waals surface area (Å²) in [7, 11) is 0. The lowest BCUT2D eigenvalue weighted by atomic mass is 9.80. The van der Waals surface area contributed by atoms with Crippen LogP contribution in [0.15, 0.2) is 0 Å². The Labute approximate surface area is 98.6 Å². The van der Waals surface area contributed by atoms with Crippen molar-refractivity contribution in [3.8, 4) is 0 Å². The lowest BCUT2D eigenvalue weighted by Gasteiger charge is -2.45. The average Bonchev–Trinajstić information content (AvgIpc) is 2.24. The van der Waals surface area contributed by atoms with Gasteiger partial charge in [-0.05, 0) is 44.6 Å². The predicted octanol–water partition coefficient (Wildman–Crippen LogP) is 1.78. The zero-order valence-electron chi connectivity index (χ0n) is 10.5. The van der Waals surface area contributed by atoms with E-state index in [1.54, 1.807) is 0 Å². The molecule has 0 bridgehead atoms. The van der Waals surface area contributed by atoms with Gasteiger partial charge in [-0.3, -0.25) is 4.79 Å². The van der Waals surface area contributed by atoms with Crippen molar-refractivity contribution < 1.29 is 4.79 Å². The number of hydrogen-bond donors (Lipinski definition) is 1. The van der Waals surface area contributed by atoms with E-state index in [0.717, 1.165) is 38.3 Å². The molecule has 3 heteroatoms. The van der Waals surface area contributed by atoms with Crippen molar-refractivity contribution in [2.45, 2.75) is 58.0 Å². The molecule has 0 radical (unpaired) electrons. The number of rotatable bonds is 4. The molecule has 1 amide bonds. The van der Waals surface area contributed by atoms with Crippen LogP contribution in [0.2, 0.25) is 0 Å². The Morgan fingerprint density at radius 3 is 2.81 bits per heavy atom. The number of piperidine rings is 1. The number of nitrogens with zero attached hydrogens (tertiary/aromatic N) is 1.